The molecule has 2 rings (SSSR count). The van der Waals surface area contributed by atoms with Gasteiger partial charge in [-0.3, -0.25) is 4.90 Å². The van der Waals surface area contributed by atoms with Crippen molar-refractivity contribution in [2.24, 2.45) is 5.92 Å². The molecule has 1 aromatic rings. The van der Waals surface area contributed by atoms with E-state index in [4.69, 9.17) is 11.6 Å². The summed E-state index contributed by atoms with van der Waals surface area (Å²) in [6.07, 6.45) is 4.96. The molecule has 1 aliphatic carbocycles. The second kappa shape index (κ2) is 7.33. The molecule has 0 N–H and O–H groups in total. The summed E-state index contributed by atoms with van der Waals surface area (Å²) in [4.78, 5) is 4.97. The minimum atomic E-state index is 0.149. The summed E-state index contributed by atoms with van der Waals surface area (Å²) in [5, 5.41) is 0.823. The van der Waals surface area contributed by atoms with Gasteiger partial charge in [-0.1, -0.05) is 44.0 Å². The second-order valence-electron chi connectivity index (χ2n) is 6.98. The molecular weight excluding hydrogens is 292 g/mol. The van der Waals surface area contributed by atoms with Crippen molar-refractivity contribution in [1.82, 2.24) is 9.80 Å². The van der Waals surface area contributed by atoms with Gasteiger partial charge in [0.05, 0.1) is 0 Å². The second-order valence-corrected chi connectivity index (χ2v) is 7.42. The van der Waals surface area contributed by atoms with Crippen LogP contribution in [-0.4, -0.2) is 43.5 Å². The molecule has 22 heavy (non-hydrogen) atoms. The van der Waals surface area contributed by atoms with Crippen LogP contribution in [-0.2, 0) is 5.54 Å². The fourth-order valence-electron chi connectivity index (χ4n) is 4.21. The predicted molar refractivity (Wildman–Crippen MR) is 96.5 cm³/mol. The molecule has 1 saturated carbocycles. The Morgan fingerprint density at radius 1 is 1.14 bits per heavy atom. The predicted octanol–water partition coefficient (Wildman–Crippen LogP) is 4.63. The molecule has 0 radical (unpaired) electrons. The van der Waals surface area contributed by atoms with E-state index in [1.54, 1.807) is 0 Å². The fourth-order valence-corrected chi connectivity index (χ4v) is 4.34. The van der Waals surface area contributed by atoms with Gasteiger partial charge >= 0.3 is 0 Å². The van der Waals surface area contributed by atoms with Gasteiger partial charge in [0.2, 0.25) is 0 Å². The summed E-state index contributed by atoms with van der Waals surface area (Å²) in [5.74, 6) is 0.747. The average Bonchev–Trinajstić information content (AvgIpc) is 2.53. The monoisotopic (exact) mass is 322 g/mol. The normalized spacial score (nSPS) is 29.3. The fraction of sp³-hybridized carbons (Fsp3) is 0.684. The zero-order valence-corrected chi connectivity index (χ0v) is 15.5. The van der Waals surface area contributed by atoms with Crippen LogP contribution in [0.4, 0.5) is 0 Å². The summed E-state index contributed by atoms with van der Waals surface area (Å²) in [6, 6.07) is 9.23. The van der Waals surface area contributed by atoms with Crippen molar-refractivity contribution in [3.63, 3.8) is 0 Å². The maximum atomic E-state index is 6.09. The highest BCUT2D eigenvalue weighted by molar-refractivity contribution is 6.30. The van der Waals surface area contributed by atoms with Gasteiger partial charge < -0.3 is 4.90 Å². The molecular formula is C19H31ClN2. The van der Waals surface area contributed by atoms with Gasteiger partial charge in [0, 0.05) is 16.6 Å². The van der Waals surface area contributed by atoms with Crippen molar-refractivity contribution >= 4 is 11.6 Å². The Morgan fingerprint density at radius 2 is 1.77 bits per heavy atom. The quantitative estimate of drug-likeness (QED) is 0.780. The molecule has 2 nitrogen and oxygen atoms in total. The maximum Gasteiger partial charge on any atom is 0.0458 e. The van der Waals surface area contributed by atoms with E-state index in [0.29, 0.717) is 0 Å². The lowest BCUT2D eigenvalue weighted by Gasteiger charge is -2.50. The standard InChI is InChI=1S/C19H31ClN2/c1-6-15-14-19(21(3)4,13-12-18(15)22(5)7-2)16-8-10-17(20)11-9-16/h8-11,15,18H,6-7,12-14H2,1-5H3. The van der Waals surface area contributed by atoms with Gasteiger partial charge in [-0.25, -0.2) is 0 Å². The third-order valence-electron chi connectivity index (χ3n) is 5.82. The molecule has 124 valence electrons. The summed E-state index contributed by atoms with van der Waals surface area (Å²) in [5.41, 5.74) is 1.56. The Morgan fingerprint density at radius 3 is 2.27 bits per heavy atom. The van der Waals surface area contributed by atoms with Crippen LogP contribution >= 0.6 is 11.6 Å². The lowest BCUT2D eigenvalue weighted by Crippen LogP contribution is -2.52. The molecule has 1 fully saturated rings. The summed E-state index contributed by atoms with van der Waals surface area (Å²) >= 11 is 6.09. The van der Waals surface area contributed by atoms with E-state index >= 15 is 0 Å². The van der Waals surface area contributed by atoms with E-state index in [9.17, 15) is 0 Å². The molecule has 1 aliphatic rings. The molecule has 3 unspecified atom stereocenters. The SMILES string of the molecule is CCC1CC(c2ccc(Cl)cc2)(N(C)C)CCC1N(C)CC. The van der Waals surface area contributed by atoms with Gasteiger partial charge in [0.15, 0.2) is 0 Å². The summed E-state index contributed by atoms with van der Waals surface area (Å²) in [6.45, 7) is 5.74. The van der Waals surface area contributed by atoms with E-state index in [0.717, 1.165) is 23.5 Å². The van der Waals surface area contributed by atoms with Gasteiger partial charge in [-0.2, -0.15) is 0 Å². The van der Waals surface area contributed by atoms with Crippen molar-refractivity contribution < 1.29 is 0 Å². The van der Waals surface area contributed by atoms with Crippen LogP contribution < -0.4 is 0 Å². The number of hydrogen-bond donors (Lipinski definition) is 0. The Balaban J connectivity index is 2.32. The van der Waals surface area contributed by atoms with Crippen molar-refractivity contribution in [1.29, 1.82) is 0 Å². The van der Waals surface area contributed by atoms with Crippen LogP contribution in [0.2, 0.25) is 5.02 Å². The van der Waals surface area contributed by atoms with E-state index in [-0.39, 0.29) is 5.54 Å². The van der Waals surface area contributed by atoms with Crippen molar-refractivity contribution in [3.05, 3.63) is 34.9 Å². The smallest absolute Gasteiger partial charge is 0.0458 e. The lowest BCUT2D eigenvalue weighted by molar-refractivity contribution is 0.0162. The van der Waals surface area contributed by atoms with Gasteiger partial charge in [-0.15, -0.1) is 0 Å². The van der Waals surface area contributed by atoms with E-state index in [2.05, 4.69) is 56.9 Å². The molecule has 0 saturated heterocycles. The van der Waals surface area contributed by atoms with Crippen molar-refractivity contribution in [2.45, 2.75) is 51.1 Å². The summed E-state index contributed by atoms with van der Waals surface area (Å²) < 4.78 is 0. The molecule has 0 aromatic heterocycles. The first-order chi connectivity index (χ1) is 10.4. The Kier molecular flexibility index (Phi) is 5.93. The zero-order chi connectivity index (χ0) is 16.3. The van der Waals surface area contributed by atoms with Gasteiger partial charge in [0.1, 0.15) is 0 Å². The first-order valence-corrected chi connectivity index (χ1v) is 8.96. The molecule has 0 bridgehead atoms. The first-order valence-electron chi connectivity index (χ1n) is 8.58. The largest absolute Gasteiger partial charge is 0.303 e. The molecule has 1 aromatic carbocycles. The van der Waals surface area contributed by atoms with E-state index in [1.165, 1.54) is 31.2 Å². The molecule has 0 amide bonds. The lowest BCUT2D eigenvalue weighted by atomic mass is 9.68. The highest BCUT2D eigenvalue weighted by Gasteiger charge is 2.43. The van der Waals surface area contributed by atoms with Crippen LogP contribution in [0.5, 0.6) is 0 Å². The topological polar surface area (TPSA) is 6.48 Å². The van der Waals surface area contributed by atoms with Crippen LogP contribution in [0.25, 0.3) is 0 Å². The van der Waals surface area contributed by atoms with Gasteiger partial charge in [0.25, 0.3) is 0 Å². The van der Waals surface area contributed by atoms with E-state index in [1.807, 2.05) is 12.1 Å². The van der Waals surface area contributed by atoms with E-state index < -0.39 is 0 Å². The number of benzene rings is 1. The summed E-state index contributed by atoms with van der Waals surface area (Å²) in [7, 11) is 6.73. The Labute approximate surface area is 141 Å². The maximum absolute atomic E-state index is 6.09. The molecule has 0 aliphatic heterocycles. The van der Waals surface area contributed by atoms with Crippen molar-refractivity contribution in [3.8, 4) is 0 Å². The number of nitrogens with zero attached hydrogens (tertiary/aromatic N) is 2. The van der Waals surface area contributed by atoms with Crippen LogP contribution in [0.15, 0.2) is 24.3 Å². The highest BCUT2D eigenvalue weighted by Crippen LogP contribution is 2.45. The number of rotatable bonds is 5. The van der Waals surface area contributed by atoms with Crippen molar-refractivity contribution in [2.75, 3.05) is 27.7 Å². The molecule has 3 heteroatoms. The Bertz CT molecular complexity index is 471. The number of halogens is 1. The number of hydrogen-bond acceptors (Lipinski definition) is 2. The van der Waals surface area contributed by atoms with Crippen LogP contribution in [0.1, 0.15) is 45.1 Å². The Hall–Kier alpha value is -0.570. The molecule has 3 atom stereocenters. The molecule has 0 spiro atoms. The first kappa shape index (κ1) is 17.8. The average molecular weight is 323 g/mol. The minimum Gasteiger partial charge on any atom is -0.303 e. The third kappa shape index (κ3) is 3.34. The van der Waals surface area contributed by atoms with Gasteiger partial charge in [-0.05, 0) is 70.6 Å². The van der Waals surface area contributed by atoms with Crippen LogP contribution in [0, 0.1) is 5.92 Å². The highest BCUT2D eigenvalue weighted by atomic mass is 35.5. The zero-order valence-electron chi connectivity index (χ0n) is 14.8. The van der Waals surface area contributed by atoms with Crippen LogP contribution in [0.3, 0.4) is 0 Å². The third-order valence-corrected chi connectivity index (χ3v) is 6.08. The molecule has 0 heterocycles. The minimum absolute atomic E-state index is 0.149.